The Kier molecular flexibility index (Phi) is 5.67. The van der Waals surface area contributed by atoms with Crippen molar-refractivity contribution in [1.82, 2.24) is 10.2 Å². The fraction of sp³-hybridized carbons (Fsp3) is 0.353. The molecule has 2 aromatic rings. The second-order valence-electron chi connectivity index (χ2n) is 6.05. The molecule has 1 amide bonds. The van der Waals surface area contributed by atoms with Crippen LogP contribution < -0.4 is 5.32 Å². The molecule has 1 aliphatic heterocycles. The minimum absolute atomic E-state index is 0.0112. The van der Waals surface area contributed by atoms with Crippen LogP contribution in [0.2, 0.25) is 5.02 Å². The normalized spacial score (nSPS) is 15.9. The Morgan fingerprint density at radius 1 is 1.24 bits per heavy atom. The zero-order valence-corrected chi connectivity index (χ0v) is 15.1. The summed E-state index contributed by atoms with van der Waals surface area (Å²) in [6.07, 6.45) is 1.74. The monoisotopic (exact) mass is 379 g/mol. The number of halogens is 1. The van der Waals surface area contributed by atoms with Gasteiger partial charge in [0.05, 0.1) is 9.80 Å². The van der Waals surface area contributed by atoms with Crippen molar-refractivity contribution in [3.05, 3.63) is 62.0 Å². The van der Waals surface area contributed by atoms with Crippen molar-refractivity contribution in [2.75, 3.05) is 13.1 Å². The summed E-state index contributed by atoms with van der Waals surface area (Å²) in [6, 6.07) is 10.8. The second kappa shape index (κ2) is 7.95. The number of piperidine rings is 1. The van der Waals surface area contributed by atoms with Gasteiger partial charge in [-0.15, -0.1) is 0 Å². The van der Waals surface area contributed by atoms with Crippen molar-refractivity contribution in [2.45, 2.75) is 25.4 Å². The minimum Gasteiger partial charge on any atom is -0.349 e. The van der Waals surface area contributed by atoms with Gasteiger partial charge in [0.1, 0.15) is 0 Å². The van der Waals surface area contributed by atoms with Gasteiger partial charge in [-0.3, -0.25) is 19.8 Å². The summed E-state index contributed by atoms with van der Waals surface area (Å²) in [5, 5.41) is 14.4. The number of likely N-dealkylation sites (tertiary alicyclic amines) is 1. The van der Waals surface area contributed by atoms with E-state index in [9.17, 15) is 14.9 Å². The summed E-state index contributed by atoms with van der Waals surface area (Å²) in [7, 11) is 0. The molecule has 25 heavy (non-hydrogen) atoms. The van der Waals surface area contributed by atoms with E-state index in [1.807, 2.05) is 24.3 Å². The fourth-order valence-corrected chi connectivity index (χ4v) is 3.74. The van der Waals surface area contributed by atoms with E-state index in [0.717, 1.165) is 48.8 Å². The van der Waals surface area contributed by atoms with Gasteiger partial charge >= 0.3 is 5.00 Å². The largest absolute Gasteiger partial charge is 0.349 e. The number of nitro groups is 1. The average molecular weight is 380 g/mol. The third-order valence-corrected chi connectivity index (χ3v) is 5.53. The maximum atomic E-state index is 12.2. The molecule has 0 aliphatic carbocycles. The van der Waals surface area contributed by atoms with E-state index in [1.165, 1.54) is 17.7 Å². The van der Waals surface area contributed by atoms with Crippen molar-refractivity contribution in [3.8, 4) is 0 Å². The highest BCUT2D eigenvalue weighted by molar-refractivity contribution is 7.17. The summed E-state index contributed by atoms with van der Waals surface area (Å²) in [5.74, 6) is -0.228. The minimum atomic E-state index is -0.476. The Labute approximate surface area is 154 Å². The van der Waals surface area contributed by atoms with Gasteiger partial charge in [0.2, 0.25) is 0 Å². The number of hydrogen-bond donors (Lipinski definition) is 1. The molecule has 0 saturated carbocycles. The molecule has 1 aromatic carbocycles. The number of hydrogen-bond acceptors (Lipinski definition) is 5. The molecule has 1 saturated heterocycles. The third kappa shape index (κ3) is 4.78. The highest BCUT2D eigenvalue weighted by atomic mass is 35.5. The predicted molar refractivity (Wildman–Crippen MR) is 98.2 cm³/mol. The SMILES string of the molecule is O=C(NC1CCN(Cc2ccc(Cl)cc2)CC1)c1ccc([N+](=O)[O-])s1. The van der Waals surface area contributed by atoms with Crippen molar-refractivity contribution >= 4 is 33.8 Å². The molecule has 0 bridgehead atoms. The zero-order chi connectivity index (χ0) is 17.8. The van der Waals surface area contributed by atoms with Crippen LogP contribution in [0.25, 0.3) is 0 Å². The maximum absolute atomic E-state index is 12.2. The molecule has 2 heterocycles. The van der Waals surface area contributed by atoms with Gasteiger partial charge in [0.15, 0.2) is 0 Å². The highest BCUT2D eigenvalue weighted by Gasteiger charge is 2.22. The Morgan fingerprint density at radius 3 is 2.52 bits per heavy atom. The number of benzene rings is 1. The first-order valence-corrected chi connectivity index (χ1v) is 9.22. The molecule has 0 atom stereocenters. The van der Waals surface area contributed by atoms with E-state index in [1.54, 1.807) is 0 Å². The van der Waals surface area contributed by atoms with Crippen molar-refractivity contribution in [1.29, 1.82) is 0 Å². The molecule has 1 N–H and O–H groups in total. The Morgan fingerprint density at radius 2 is 1.92 bits per heavy atom. The van der Waals surface area contributed by atoms with Crippen LogP contribution in [0.3, 0.4) is 0 Å². The van der Waals surface area contributed by atoms with Crippen LogP contribution in [0.5, 0.6) is 0 Å². The molecular weight excluding hydrogens is 362 g/mol. The van der Waals surface area contributed by atoms with Crippen LogP contribution in [-0.2, 0) is 6.54 Å². The Bertz CT molecular complexity index is 755. The van der Waals surface area contributed by atoms with Gasteiger partial charge in [-0.2, -0.15) is 0 Å². The molecule has 0 spiro atoms. The molecular formula is C17H18ClN3O3S. The average Bonchev–Trinajstić information content (AvgIpc) is 3.09. The zero-order valence-electron chi connectivity index (χ0n) is 13.5. The van der Waals surface area contributed by atoms with Crippen LogP contribution in [0.15, 0.2) is 36.4 Å². The van der Waals surface area contributed by atoms with Gasteiger partial charge in [-0.25, -0.2) is 0 Å². The maximum Gasteiger partial charge on any atom is 0.324 e. The first-order chi connectivity index (χ1) is 12.0. The molecule has 132 valence electrons. The van der Waals surface area contributed by atoms with Crippen LogP contribution in [0.4, 0.5) is 5.00 Å². The number of carbonyl (C=O) groups is 1. The van der Waals surface area contributed by atoms with Crippen LogP contribution >= 0.6 is 22.9 Å². The standard InChI is InChI=1S/C17H18ClN3O3S/c18-13-3-1-12(2-4-13)11-20-9-7-14(8-10-20)19-17(22)15-5-6-16(25-15)21(23)24/h1-6,14H,7-11H2,(H,19,22). The lowest BCUT2D eigenvalue weighted by Crippen LogP contribution is -2.44. The summed E-state index contributed by atoms with van der Waals surface area (Å²) in [6.45, 7) is 2.67. The summed E-state index contributed by atoms with van der Waals surface area (Å²) in [4.78, 5) is 25.2. The summed E-state index contributed by atoms with van der Waals surface area (Å²) in [5.41, 5.74) is 1.22. The van der Waals surface area contributed by atoms with E-state index in [2.05, 4.69) is 10.2 Å². The summed E-state index contributed by atoms with van der Waals surface area (Å²) >= 11 is 6.81. The van der Waals surface area contributed by atoms with Crippen LogP contribution in [0.1, 0.15) is 28.1 Å². The van der Waals surface area contributed by atoms with Crippen molar-refractivity contribution in [2.24, 2.45) is 0 Å². The molecule has 1 fully saturated rings. The topological polar surface area (TPSA) is 75.5 Å². The molecule has 6 nitrogen and oxygen atoms in total. The lowest BCUT2D eigenvalue weighted by atomic mass is 10.0. The number of carbonyl (C=O) groups excluding carboxylic acids is 1. The van der Waals surface area contributed by atoms with Gasteiger partial charge in [0, 0.05) is 36.8 Å². The van der Waals surface area contributed by atoms with Crippen molar-refractivity contribution < 1.29 is 9.72 Å². The predicted octanol–water partition coefficient (Wildman–Crippen LogP) is 3.70. The lowest BCUT2D eigenvalue weighted by Gasteiger charge is -2.32. The number of rotatable bonds is 5. The van der Waals surface area contributed by atoms with E-state index >= 15 is 0 Å². The second-order valence-corrected chi connectivity index (χ2v) is 7.54. The Balaban J connectivity index is 1.47. The first-order valence-electron chi connectivity index (χ1n) is 8.03. The van der Waals surface area contributed by atoms with E-state index in [4.69, 9.17) is 11.6 Å². The fourth-order valence-electron chi connectivity index (χ4n) is 2.89. The molecule has 0 radical (unpaired) electrons. The molecule has 1 aliphatic rings. The third-order valence-electron chi connectivity index (χ3n) is 4.24. The van der Waals surface area contributed by atoms with Gasteiger partial charge in [-0.1, -0.05) is 35.1 Å². The van der Waals surface area contributed by atoms with Crippen molar-refractivity contribution in [3.63, 3.8) is 0 Å². The van der Waals surface area contributed by atoms with E-state index in [0.29, 0.717) is 4.88 Å². The van der Waals surface area contributed by atoms with E-state index in [-0.39, 0.29) is 17.0 Å². The first kappa shape index (κ1) is 17.8. The van der Waals surface area contributed by atoms with Gasteiger partial charge < -0.3 is 5.32 Å². The van der Waals surface area contributed by atoms with E-state index < -0.39 is 4.92 Å². The summed E-state index contributed by atoms with van der Waals surface area (Å²) < 4.78 is 0. The van der Waals surface area contributed by atoms with Gasteiger partial charge in [-0.05, 0) is 36.6 Å². The molecule has 8 heteroatoms. The highest BCUT2D eigenvalue weighted by Crippen LogP contribution is 2.24. The number of thiophene rings is 1. The smallest absolute Gasteiger partial charge is 0.324 e. The Hall–Kier alpha value is -1.96. The number of nitrogens with one attached hydrogen (secondary N) is 1. The quantitative estimate of drug-likeness (QED) is 0.634. The molecule has 1 aromatic heterocycles. The molecule has 0 unspecified atom stereocenters. The van der Waals surface area contributed by atoms with Crippen LogP contribution in [-0.4, -0.2) is 34.9 Å². The van der Waals surface area contributed by atoms with Gasteiger partial charge in [0.25, 0.3) is 5.91 Å². The van der Waals surface area contributed by atoms with Crippen LogP contribution in [0, 0.1) is 10.1 Å². The lowest BCUT2D eigenvalue weighted by molar-refractivity contribution is -0.380. The number of amides is 1. The molecule has 3 rings (SSSR count). The number of nitrogens with zero attached hydrogens (tertiary/aromatic N) is 2.